The van der Waals surface area contributed by atoms with Gasteiger partial charge in [0.05, 0.1) is 22.3 Å². The van der Waals surface area contributed by atoms with Crippen LogP contribution in [0.25, 0.3) is 10.9 Å². The quantitative estimate of drug-likeness (QED) is 0.702. The first-order valence-corrected chi connectivity index (χ1v) is 9.06. The Morgan fingerprint density at radius 1 is 1.33 bits per heavy atom. The summed E-state index contributed by atoms with van der Waals surface area (Å²) in [5.74, 6) is 0. The zero-order valence-corrected chi connectivity index (χ0v) is 15.1. The van der Waals surface area contributed by atoms with Gasteiger partial charge in [-0.15, -0.1) is 0 Å². The summed E-state index contributed by atoms with van der Waals surface area (Å²) in [6.07, 6.45) is 2.97. The van der Waals surface area contributed by atoms with Crippen LogP contribution >= 0.6 is 23.2 Å². The van der Waals surface area contributed by atoms with Crippen molar-refractivity contribution in [1.82, 2.24) is 14.8 Å². The average molecular weight is 389 g/mol. The standard InChI is InChI=1S/C14H14Cl2N4O3S/c1-20-6-12(13(18-20)7-23-2)19-24(21,22)14-5-17-11-4-10(16)9(15)3-8(11)14/h3-6,17,19H,7H2,1-2H3. The predicted octanol–water partition coefficient (Wildman–Crippen LogP) is 3.16. The van der Waals surface area contributed by atoms with Crippen LogP contribution in [0.5, 0.6) is 0 Å². The lowest BCUT2D eigenvalue weighted by molar-refractivity contribution is 0.181. The Balaban J connectivity index is 2.04. The number of aryl methyl sites for hydroxylation is 1. The van der Waals surface area contributed by atoms with E-state index in [0.717, 1.165) is 0 Å². The number of hydrogen-bond donors (Lipinski definition) is 2. The number of sulfonamides is 1. The molecule has 0 atom stereocenters. The minimum Gasteiger partial charge on any atom is -0.378 e. The highest BCUT2D eigenvalue weighted by molar-refractivity contribution is 7.93. The van der Waals surface area contributed by atoms with E-state index in [9.17, 15) is 8.42 Å². The summed E-state index contributed by atoms with van der Waals surface area (Å²) in [7, 11) is -0.634. The molecule has 2 aromatic heterocycles. The Hall–Kier alpha value is -1.74. The first-order chi connectivity index (χ1) is 11.3. The number of anilines is 1. The summed E-state index contributed by atoms with van der Waals surface area (Å²) in [6, 6.07) is 3.10. The second-order valence-corrected chi connectivity index (χ2v) is 7.63. The van der Waals surface area contributed by atoms with E-state index in [1.54, 1.807) is 19.3 Å². The third-order valence-corrected chi connectivity index (χ3v) is 5.53. The summed E-state index contributed by atoms with van der Waals surface area (Å²) in [6.45, 7) is 0.189. The van der Waals surface area contributed by atoms with E-state index >= 15 is 0 Å². The van der Waals surface area contributed by atoms with Crippen molar-refractivity contribution in [2.24, 2.45) is 7.05 Å². The zero-order chi connectivity index (χ0) is 17.5. The van der Waals surface area contributed by atoms with Crippen molar-refractivity contribution in [3.8, 4) is 0 Å². The number of hydrogen-bond acceptors (Lipinski definition) is 4. The van der Waals surface area contributed by atoms with Gasteiger partial charge in [-0.1, -0.05) is 23.2 Å². The normalized spacial score (nSPS) is 12.0. The van der Waals surface area contributed by atoms with E-state index in [1.165, 1.54) is 24.1 Å². The number of rotatable bonds is 5. The Kier molecular flexibility index (Phi) is 4.48. The van der Waals surface area contributed by atoms with E-state index in [4.69, 9.17) is 27.9 Å². The molecule has 0 saturated heterocycles. The van der Waals surface area contributed by atoms with Crippen molar-refractivity contribution in [1.29, 1.82) is 0 Å². The van der Waals surface area contributed by atoms with E-state index in [2.05, 4.69) is 14.8 Å². The van der Waals surface area contributed by atoms with Crippen molar-refractivity contribution in [2.45, 2.75) is 11.5 Å². The number of H-pyrrole nitrogens is 1. The minimum absolute atomic E-state index is 0.0725. The van der Waals surface area contributed by atoms with E-state index in [0.29, 0.717) is 27.3 Å². The molecule has 0 amide bonds. The maximum atomic E-state index is 12.8. The van der Waals surface area contributed by atoms with Crippen molar-refractivity contribution < 1.29 is 13.2 Å². The van der Waals surface area contributed by atoms with Crippen LogP contribution in [0.2, 0.25) is 10.0 Å². The predicted molar refractivity (Wildman–Crippen MR) is 93.0 cm³/mol. The Bertz CT molecular complexity index is 1010. The molecule has 0 aliphatic heterocycles. The SMILES string of the molecule is COCc1nn(C)cc1NS(=O)(=O)c1c[nH]c2cc(Cl)c(Cl)cc12. The first kappa shape index (κ1) is 17.1. The molecule has 128 valence electrons. The number of fused-ring (bicyclic) bond motifs is 1. The van der Waals surface area contributed by atoms with Gasteiger partial charge in [0.25, 0.3) is 10.0 Å². The molecule has 0 aliphatic rings. The molecule has 3 rings (SSSR count). The maximum Gasteiger partial charge on any atom is 0.264 e. The molecule has 2 N–H and O–H groups in total. The molecular formula is C14H14Cl2N4O3S. The molecule has 0 fully saturated rings. The molecule has 0 radical (unpaired) electrons. The highest BCUT2D eigenvalue weighted by Gasteiger charge is 2.22. The highest BCUT2D eigenvalue weighted by atomic mass is 35.5. The molecule has 24 heavy (non-hydrogen) atoms. The van der Waals surface area contributed by atoms with E-state index in [-0.39, 0.29) is 16.5 Å². The van der Waals surface area contributed by atoms with Gasteiger partial charge in [-0.2, -0.15) is 5.10 Å². The summed E-state index contributed by atoms with van der Waals surface area (Å²) in [4.78, 5) is 2.96. The lowest BCUT2D eigenvalue weighted by atomic mass is 10.2. The zero-order valence-electron chi connectivity index (χ0n) is 12.8. The van der Waals surface area contributed by atoms with Crippen LogP contribution in [0.15, 0.2) is 29.4 Å². The molecule has 10 heteroatoms. The summed E-state index contributed by atoms with van der Waals surface area (Å²) >= 11 is 12.0. The number of ether oxygens (including phenoxy) is 1. The van der Waals surface area contributed by atoms with Crippen LogP contribution < -0.4 is 4.72 Å². The average Bonchev–Trinajstić information content (AvgIpc) is 3.04. The maximum absolute atomic E-state index is 12.8. The van der Waals surface area contributed by atoms with Crippen molar-refractivity contribution in [2.75, 3.05) is 11.8 Å². The van der Waals surface area contributed by atoms with Crippen LogP contribution in [0.1, 0.15) is 5.69 Å². The molecule has 1 aromatic carbocycles. The summed E-state index contributed by atoms with van der Waals surface area (Å²) < 4.78 is 34.6. The highest BCUT2D eigenvalue weighted by Crippen LogP contribution is 2.32. The van der Waals surface area contributed by atoms with Gasteiger partial charge in [-0.25, -0.2) is 8.42 Å². The third kappa shape index (κ3) is 3.10. The van der Waals surface area contributed by atoms with Gasteiger partial charge in [0.2, 0.25) is 0 Å². The molecule has 0 spiro atoms. The Morgan fingerprint density at radius 3 is 2.75 bits per heavy atom. The van der Waals surface area contributed by atoms with Crippen molar-refractivity contribution in [3.05, 3.63) is 40.3 Å². The van der Waals surface area contributed by atoms with Gasteiger partial charge < -0.3 is 9.72 Å². The molecular weight excluding hydrogens is 375 g/mol. The number of methoxy groups -OCH3 is 1. The lowest BCUT2D eigenvalue weighted by Gasteiger charge is -2.07. The number of halogens is 2. The lowest BCUT2D eigenvalue weighted by Crippen LogP contribution is -2.13. The number of nitrogens with zero attached hydrogens (tertiary/aromatic N) is 2. The molecule has 7 nitrogen and oxygen atoms in total. The van der Waals surface area contributed by atoms with Crippen molar-refractivity contribution >= 4 is 49.8 Å². The van der Waals surface area contributed by atoms with E-state index in [1.807, 2.05) is 0 Å². The van der Waals surface area contributed by atoms with Crippen LogP contribution in [0, 0.1) is 0 Å². The number of benzene rings is 1. The van der Waals surface area contributed by atoms with Gasteiger partial charge in [0.15, 0.2) is 0 Å². The largest absolute Gasteiger partial charge is 0.378 e. The topological polar surface area (TPSA) is 89.0 Å². The van der Waals surface area contributed by atoms with Crippen LogP contribution in [-0.2, 0) is 28.4 Å². The Morgan fingerprint density at radius 2 is 2.04 bits per heavy atom. The number of nitrogens with one attached hydrogen (secondary N) is 2. The molecule has 0 saturated carbocycles. The van der Waals surface area contributed by atoms with Crippen LogP contribution in [-0.4, -0.2) is 30.3 Å². The van der Waals surface area contributed by atoms with E-state index < -0.39 is 10.0 Å². The van der Waals surface area contributed by atoms with Crippen LogP contribution in [0.4, 0.5) is 5.69 Å². The monoisotopic (exact) mass is 388 g/mol. The molecule has 3 aromatic rings. The molecule has 0 unspecified atom stereocenters. The molecule has 2 heterocycles. The van der Waals surface area contributed by atoms with Gasteiger partial charge in [-0.05, 0) is 12.1 Å². The first-order valence-electron chi connectivity index (χ1n) is 6.82. The van der Waals surface area contributed by atoms with Crippen LogP contribution in [0.3, 0.4) is 0 Å². The Labute approximate surface area is 148 Å². The second-order valence-electron chi connectivity index (χ2n) is 5.17. The van der Waals surface area contributed by atoms with Crippen molar-refractivity contribution in [3.63, 3.8) is 0 Å². The second kappa shape index (κ2) is 6.29. The smallest absolute Gasteiger partial charge is 0.264 e. The van der Waals surface area contributed by atoms with Gasteiger partial charge in [0.1, 0.15) is 10.6 Å². The van der Waals surface area contributed by atoms with Gasteiger partial charge >= 0.3 is 0 Å². The fraction of sp³-hybridized carbons (Fsp3) is 0.214. The van der Waals surface area contributed by atoms with Gasteiger partial charge in [-0.3, -0.25) is 9.40 Å². The fourth-order valence-electron chi connectivity index (χ4n) is 2.38. The summed E-state index contributed by atoms with van der Waals surface area (Å²) in [5.41, 5.74) is 1.42. The molecule has 0 bridgehead atoms. The molecule has 0 aliphatic carbocycles. The van der Waals surface area contributed by atoms with Gasteiger partial charge in [0, 0.05) is 37.5 Å². The summed E-state index contributed by atoms with van der Waals surface area (Å²) in [5, 5.41) is 5.25. The third-order valence-electron chi connectivity index (χ3n) is 3.40. The number of aromatic nitrogens is 3. The number of aromatic amines is 1. The minimum atomic E-state index is -3.85. The fourth-order valence-corrected chi connectivity index (χ4v) is 3.95.